The van der Waals surface area contributed by atoms with Crippen LogP contribution in [0.2, 0.25) is 0 Å². The lowest BCUT2D eigenvalue weighted by Gasteiger charge is -2.23. The highest BCUT2D eigenvalue weighted by molar-refractivity contribution is 5.84. The van der Waals surface area contributed by atoms with Crippen molar-refractivity contribution in [2.45, 2.75) is 25.6 Å². The number of benzene rings is 1. The molecular formula is C19H26O7. The summed E-state index contributed by atoms with van der Waals surface area (Å²) in [5.74, 6) is 1.16. The minimum Gasteiger partial charge on any atom is -0.468 e. The van der Waals surface area contributed by atoms with E-state index in [9.17, 15) is 4.79 Å². The van der Waals surface area contributed by atoms with Crippen LogP contribution in [0.3, 0.4) is 0 Å². The number of carbonyl (C=O) groups excluding carboxylic acids is 1. The van der Waals surface area contributed by atoms with Gasteiger partial charge in [-0.3, -0.25) is 4.79 Å². The molecule has 1 aliphatic heterocycles. The van der Waals surface area contributed by atoms with Crippen LogP contribution in [0.1, 0.15) is 24.8 Å². The Bertz CT molecular complexity index is 579. The first-order chi connectivity index (χ1) is 12.8. The zero-order valence-corrected chi connectivity index (χ0v) is 15.3. The van der Waals surface area contributed by atoms with E-state index in [1.807, 2.05) is 0 Å². The number of methoxy groups -OCH3 is 2. The number of rotatable bonds is 11. The van der Waals surface area contributed by atoms with E-state index in [-0.39, 0.29) is 26.5 Å². The summed E-state index contributed by atoms with van der Waals surface area (Å²) in [6.07, 6.45) is 4.89. The molecule has 0 radical (unpaired) electrons. The highest BCUT2D eigenvalue weighted by Gasteiger charge is 2.17. The molecule has 0 N–H and O–H groups in total. The molecule has 2 rings (SSSR count). The van der Waals surface area contributed by atoms with Gasteiger partial charge in [-0.25, -0.2) is 0 Å². The van der Waals surface area contributed by atoms with Gasteiger partial charge in [0.1, 0.15) is 17.8 Å². The molecule has 1 heterocycles. The summed E-state index contributed by atoms with van der Waals surface area (Å²) in [6, 6.07) is 5.30. The third-order valence-corrected chi connectivity index (χ3v) is 3.80. The van der Waals surface area contributed by atoms with Crippen LogP contribution in [0.15, 0.2) is 24.3 Å². The maximum Gasteiger partial charge on any atom is 0.188 e. The number of hydrogen-bond acceptors (Lipinski definition) is 7. The van der Waals surface area contributed by atoms with Crippen LogP contribution in [0.4, 0.5) is 0 Å². The molecular weight excluding hydrogens is 340 g/mol. The topological polar surface area (TPSA) is 72.5 Å². The Balaban J connectivity index is 2.18. The van der Waals surface area contributed by atoms with Crippen LogP contribution in [-0.2, 0) is 23.7 Å². The standard InChI is InChI=1S/C19H26O7/c1-21-13-25-16-6-7-18(26-14-22-2)17(11-16)15(8-9-20)12-24-19-5-3-4-10-23-19/h6-9,11,19H,3-5,10,12-14H2,1-2H3/b15-8-. The fourth-order valence-electron chi connectivity index (χ4n) is 2.55. The Morgan fingerprint density at radius 2 is 2.00 bits per heavy atom. The minimum absolute atomic E-state index is 0.0895. The molecule has 144 valence electrons. The lowest BCUT2D eigenvalue weighted by Crippen LogP contribution is -2.23. The van der Waals surface area contributed by atoms with Crippen molar-refractivity contribution < 1.29 is 33.2 Å². The van der Waals surface area contributed by atoms with Crippen LogP contribution in [-0.4, -0.2) is 53.6 Å². The maximum atomic E-state index is 11.1. The molecule has 1 unspecified atom stereocenters. The van der Waals surface area contributed by atoms with Gasteiger partial charge in [0, 0.05) is 26.4 Å². The van der Waals surface area contributed by atoms with E-state index in [4.69, 9.17) is 28.4 Å². The van der Waals surface area contributed by atoms with E-state index in [1.165, 1.54) is 6.08 Å². The van der Waals surface area contributed by atoms with Gasteiger partial charge in [0.15, 0.2) is 19.9 Å². The van der Waals surface area contributed by atoms with Crippen molar-refractivity contribution in [3.05, 3.63) is 29.8 Å². The molecule has 0 spiro atoms. The van der Waals surface area contributed by atoms with Gasteiger partial charge in [-0.1, -0.05) is 0 Å². The molecule has 1 aromatic carbocycles. The molecule has 0 bridgehead atoms. The first-order valence-electron chi connectivity index (χ1n) is 8.54. The van der Waals surface area contributed by atoms with Crippen LogP contribution in [0.5, 0.6) is 11.5 Å². The molecule has 1 aliphatic rings. The van der Waals surface area contributed by atoms with E-state index in [1.54, 1.807) is 32.4 Å². The van der Waals surface area contributed by atoms with E-state index < -0.39 is 0 Å². The van der Waals surface area contributed by atoms with Gasteiger partial charge in [0.2, 0.25) is 0 Å². The molecule has 7 heteroatoms. The second-order valence-corrected chi connectivity index (χ2v) is 5.69. The first kappa shape index (κ1) is 20.4. The Labute approximate surface area is 153 Å². The van der Waals surface area contributed by atoms with Crippen molar-refractivity contribution in [1.29, 1.82) is 0 Å². The first-order valence-corrected chi connectivity index (χ1v) is 8.54. The summed E-state index contributed by atoms with van der Waals surface area (Å²) in [6.45, 7) is 1.13. The fraction of sp³-hybridized carbons (Fsp3) is 0.526. The molecule has 26 heavy (non-hydrogen) atoms. The zero-order valence-electron chi connectivity index (χ0n) is 15.3. The Hall–Kier alpha value is -1.93. The van der Waals surface area contributed by atoms with Crippen molar-refractivity contribution in [3.63, 3.8) is 0 Å². The van der Waals surface area contributed by atoms with E-state index in [0.717, 1.165) is 25.5 Å². The Morgan fingerprint density at radius 3 is 2.69 bits per heavy atom. The molecule has 7 nitrogen and oxygen atoms in total. The third-order valence-electron chi connectivity index (χ3n) is 3.80. The monoisotopic (exact) mass is 366 g/mol. The fourth-order valence-corrected chi connectivity index (χ4v) is 2.55. The van der Waals surface area contributed by atoms with Gasteiger partial charge in [-0.05, 0) is 49.1 Å². The molecule has 0 aromatic heterocycles. The third kappa shape index (κ3) is 6.42. The summed E-state index contributed by atoms with van der Waals surface area (Å²) in [5, 5.41) is 0. The largest absolute Gasteiger partial charge is 0.468 e. The molecule has 1 saturated heterocycles. The minimum atomic E-state index is -0.255. The van der Waals surface area contributed by atoms with Crippen molar-refractivity contribution in [2.75, 3.05) is 41.0 Å². The summed E-state index contributed by atoms with van der Waals surface area (Å²) in [5.41, 5.74) is 1.36. The van der Waals surface area contributed by atoms with Crippen LogP contribution >= 0.6 is 0 Å². The Kier molecular flexibility index (Phi) is 9.13. The van der Waals surface area contributed by atoms with Gasteiger partial charge < -0.3 is 28.4 Å². The van der Waals surface area contributed by atoms with Gasteiger partial charge in [-0.2, -0.15) is 0 Å². The van der Waals surface area contributed by atoms with Gasteiger partial charge >= 0.3 is 0 Å². The van der Waals surface area contributed by atoms with Gasteiger partial charge in [0.25, 0.3) is 0 Å². The molecule has 1 fully saturated rings. The SMILES string of the molecule is COCOc1ccc(OCOC)c(/C(=C\C=O)COC2CCCCO2)c1. The van der Waals surface area contributed by atoms with Gasteiger partial charge in [0.05, 0.1) is 6.61 Å². The average Bonchev–Trinajstić information content (AvgIpc) is 2.69. The van der Waals surface area contributed by atoms with Crippen LogP contribution in [0.25, 0.3) is 5.57 Å². The predicted molar refractivity (Wildman–Crippen MR) is 95.0 cm³/mol. The molecule has 0 aliphatic carbocycles. The highest BCUT2D eigenvalue weighted by atomic mass is 16.7. The quantitative estimate of drug-likeness (QED) is 0.339. The summed E-state index contributed by atoms with van der Waals surface area (Å²) in [7, 11) is 3.09. The zero-order chi connectivity index (χ0) is 18.6. The molecule has 1 aromatic rings. The van der Waals surface area contributed by atoms with Crippen LogP contribution in [0, 0.1) is 0 Å². The second kappa shape index (κ2) is 11.6. The highest BCUT2D eigenvalue weighted by Crippen LogP contribution is 2.31. The number of allylic oxidation sites excluding steroid dienone is 1. The maximum absolute atomic E-state index is 11.1. The lowest BCUT2D eigenvalue weighted by atomic mass is 10.0. The average molecular weight is 366 g/mol. The summed E-state index contributed by atoms with van der Waals surface area (Å²) < 4.78 is 32.4. The van der Waals surface area contributed by atoms with Crippen molar-refractivity contribution >= 4 is 11.9 Å². The normalized spacial score (nSPS) is 17.8. The number of aldehydes is 1. The van der Waals surface area contributed by atoms with Gasteiger partial charge in [-0.15, -0.1) is 0 Å². The lowest BCUT2D eigenvalue weighted by molar-refractivity contribution is -0.154. The second-order valence-electron chi connectivity index (χ2n) is 5.69. The predicted octanol–water partition coefficient (Wildman–Crippen LogP) is 2.78. The summed E-state index contributed by atoms with van der Waals surface area (Å²) >= 11 is 0. The number of hydrogen-bond donors (Lipinski definition) is 0. The molecule has 1 atom stereocenters. The Morgan fingerprint density at radius 1 is 1.19 bits per heavy atom. The van der Waals surface area contributed by atoms with Crippen molar-refractivity contribution in [1.82, 2.24) is 0 Å². The van der Waals surface area contributed by atoms with E-state index in [0.29, 0.717) is 29.2 Å². The number of carbonyl (C=O) groups is 1. The smallest absolute Gasteiger partial charge is 0.188 e. The van der Waals surface area contributed by atoms with Crippen molar-refractivity contribution in [3.8, 4) is 11.5 Å². The number of ether oxygens (including phenoxy) is 6. The van der Waals surface area contributed by atoms with E-state index >= 15 is 0 Å². The van der Waals surface area contributed by atoms with Crippen molar-refractivity contribution in [2.24, 2.45) is 0 Å². The van der Waals surface area contributed by atoms with Crippen LogP contribution < -0.4 is 9.47 Å². The summed E-state index contributed by atoms with van der Waals surface area (Å²) in [4.78, 5) is 11.1. The molecule has 0 amide bonds. The molecule has 0 saturated carbocycles. The van der Waals surface area contributed by atoms with E-state index in [2.05, 4.69) is 0 Å².